The minimum atomic E-state index is -3.77. The standard InChI is InChI=1S/C17H21N3O5S/c1-20(2)8-9-25-16-15(10-14(11-18-16)17(21)22)19-26(23,24)12-13-6-4-3-5-7-13/h3-7,10-11,19H,8-9,12H2,1-2H3,(H,21,22). The summed E-state index contributed by atoms with van der Waals surface area (Å²) in [4.78, 5) is 17.0. The van der Waals surface area contributed by atoms with Crippen LogP contribution in [0.4, 0.5) is 5.69 Å². The molecule has 0 bridgehead atoms. The van der Waals surface area contributed by atoms with E-state index >= 15 is 0 Å². The Kier molecular flexibility index (Phi) is 6.53. The third-order valence-electron chi connectivity index (χ3n) is 3.34. The minimum absolute atomic E-state index is 0.000382. The molecular weight excluding hydrogens is 358 g/mol. The summed E-state index contributed by atoms with van der Waals surface area (Å²) in [7, 11) is -0.0297. The fourth-order valence-electron chi connectivity index (χ4n) is 2.08. The normalized spacial score (nSPS) is 11.3. The maximum absolute atomic E-state index is 12.4. The lowest BCUT2D eigenvalue weighted by molar-refractivity contribution is 0.0696. The Balaban J connectivity index is 2.23. The number of nitrogens with zero attached hydrogens (tertiary/aromatic N) is 2. The molecule has 9 heteroatoms. The van der Waals surface area contributed by atoms with Gasteiger partial charge in [-0.05, 0) is 25.7 Å². The van der Waals surface area contributed by atoms with Crippen molar-refractivity contribution in [3.63, 3.8) is 0 Å². The number of sulfonamides is 1. The van der Waals surface area contributed by atoms with Crippen LogP contribution in [-0.4, -0.2) is 56.6 Å². The molecule has 1 heterocycles. The van der Waals surface area contributed by atoms with E-state index in [9.17, 15) is 13.2 Å². The van der Waals surface area contributed by atoms with E-state index in [0.717, 1.165) is 6.20 Å². The molecule has 140 valence electrons. The van der Waals surface area contributed by atoms with Crippen LogP contribution < -0.4 is 9.46 Å². The largest absolute Gasteiger partial charge is 0.478 e. The van der Waals surface area contributed by atoms with E-state index in [1.165, 1.54) is 6.07 Å². The number of ether oxygens (including phenoxy) is 1. The zero-order valence-corrected chi connectivity index (χ0v) is 15.4. The van der Waals surface area contributed by atoms with Gasteiger partial charge in [0.15, 0.2) is 0 Å². The van der Waals surface area contributed by atoms with Crippen molar-refractivity contribution in [3.8, 4) is 5.88 Å². The minimum Gasteiger partial charge on any atom is -0.478 e. The van der Waals surface area contributed by atoms with Crippen LogP contribution in [0.15, 0.2) is 42.6 Å². The second kappa shape index (κ2) is 8.63. The number of nitrogens with one attached hydrogen (secondary N) is 1. The summed E-state index contributed by atoms with van der Waals surface area (Å²) in [6, 6.07) is 9.86. The van der Waals surface area contributed by atoms with Crippen molar-refractivity contribution in [1.82, 2.24) is 9.88 Å². The lowest BCUT2D eigenvalue weighted by Crippen LogP contribution is -2.21. The van der Waals surface area contributed by atoms with Crippen LogP contribution in [0.1, 0.15) is 15.9 Å². The van der Waals surface area contributed by atoms with Gasteiger partial charge in [0, 0.05) is 12.7 Å². The Morgan fingerprint density at radius 3 is 2.58 bits per heavy atom. The number of carboxylic acids is 1. The fourth-order valence-corrected chi connectivity index (χ4v) is 3.26. The topological polar surface area (TPSA) is 109 Å². The third-order valence-corrected chi connectivity index (χ3v) is 4.58. The smallest absolute Gasteiger partial charge is 0.337 e. The second-order valence-electron chi connectivity index (χ2n) is 5.88. The molecule has 0 amide bonds. The molecular formula is C17H21N3O5S. The summed E-state index contributed by atoms with van der Waals surface area (Å²) >= 11 is 0. The molecule has 2 rings (SSSR count). The molecule has 1 aromatic heterocycles. The zero-order chi connectivity index (χ0) is 19.2. The van der Waals surface area contributed by atoms with Gasteiger partial charge < -0.3 is 14.7 Å². The summed E-state index contributed by atoms with van der Waals surface area (Å²) in [5.41, 5.74) is 0.472. The number of hydrogen-bond donors (Lipinski definition) is 2. The van der Waals surface area contributed by atoms with E-state index in [4.69, 9.17) is 9.84 Å². The molecule has 0 radical (unpaired) electrons. The van der Waals surface area contributed by atoms with Gasteiger partial charge in [0.2, 0.25) is 15.9 Å². The molecule has 1 aromatic carbocycles. The van der Waals surface area contributed by atoms with Gasteiger partial charge >= 0.3 is 5.97 Å². The summed E-state index contributed by atoms with van der Waals surface area (Å²) in [5, 5.41) is 9.12. The highest BCUT2D eigenvalue weighted by Crippen LogP contribution is 2.25. The maximum atomic E-state index is 12.4. The van der Waals surface area contributed by atoms with Crippen molar-refractivity contribution in [2.24, 2.45) is 0 Å². The zero-order valence-electron chi connectivity index (χ0n) is 14.5. The van der Waals surface area contributed by atoms with Crippen molar-refractivity contribution in [2.75, 3.05) is 32.0 Å². The van der Waals surface area contributed by atoms with Crippen molar-refractivity contribution in [3.05, 3.63) is 53.7 Å². The Morgan fingerprint density at radius 1 is 1.27 bits per heavy atom. The molecule has 2 aromatic rings. The van der Waals surface area contributed by atoms with Gasteiger partial charge in [-0.25, -0.2) is 18.2 Å². The summed E-state index contributed by atoms with van der Waals surface area (Å²) in [6.07, 6.45) is 1.13. The Hall–Kier alpha value is -2.65. The number of carboxylic acid groups (broad SMARTS) is 1. The predicted molar refractivity (Wildman–Crippen MR) is 97.9 cm³/mol. The fraction of sp³-hybridized carbons (Fsp3) is 0.294. The van der Waals surface area contributed by atoms with Gasteiger partial charge in [-0.3, -0.25) is 4.72 Å². The molecule has 0 saturated heterocycles. The number of hydrogen-bond acceptors (Lipinski definition) is 6. The number of carbonyl (C=O) groups is 1. The number of anilines is 1. The average molecular weight is 379 g/mol. The molecule has 0 unspecified atom stereocenters. The monoisotopic (exact) mass is 379 g/mol. The van der Waals surface area contributed by atoms with Crippen molar-refractivity contribution in [1.29, 1.82) is 0 Å². The van der Waals surface area contributed by atoms with Crippen LogP contribution in [0.5, 0.6) is 5.88 Å². The third kappa shape index (κ3) is 6.01. The summed E-state index contributed by atoms with van der Waals surface area (Å²) in [5.74, 6) is -1.42. The molecule has 0 fully saturated rings. The maximum Gasteiger partial charge on any atom is 0.337 e. The first kappa shape index (κ1) is 19.7. The second-order valence-corrected chi connectivity index (χ2v) is 7.60. The molecule has 0 aliphatic rings. The first-order valence-electron chi connectivity index (χ1n) is 7.82. The average Bonchev–Trinajstić information content (AvgIpc) is 2.55. The predicted octanol–water partition coefficient (Wildman–Crippen LogP) is 1.66. The Labute approximate surface area is 152 Å². The number of benzene rings is 1. The van der Waals surface area contributed by atoms with E-state index in [1.54, 1.807) is 30.3 Å². The molecule has 0 saturated carbocycles. The van der Waals surface area contributed by atoms with Crippen molar-refractivity contribution in [2.45, 2.75) is 5.75 Å². The van der Waals surface area contributed by atoms with Gasteiger partial charge in [-0.2, -0.15) is 0 Å². The molecule has 26 heavy (non-hydrogen) atoms. The lowest BCUT2D eigenvalue weighted by Gasteiger charge is -2.15. The van der Waals surface area contributed by atoms with Gasteiger partial charge in [0.1, 0.15) is 12.3 Å². The van der Waals surface area contributed by atoms with Gasteiger partial charge in [0.05, 0.1) is 11.3 Å². The summed E-state index contributed by atoms with van der Waals surface area (Å²) in [6.45, 7) is 0.873. The van der Waals surface area contributed by atoms with Crippen LogP contribution in [0.3, 0.4) is 0 Å². The first-order valence-corrected chi connectivity index (χ1v) is 9.47. The quantitative estimate of drug-likeness (QED) is 0.682. The molecule has 0 aliphatic carbocycles. The number of likely N-dealkylation sites (N-methyl/N-ethyl adjacent to an activating group) is 1. The number of aromatic carboxylic acids is 1. The van der Waals surface area contributed by atoms with Gasteiger partial charge in [-0.15, -0.1) is 0 Å². The van der Waals surface area contributed by atoms with E-state index in [-0.39, 0.29) is 29.5 Å². The SMILES string of the molecule is CN(C)CCOc1ncc(C(=O)O)cc1NS(=O)(=O)Cc1ccccc1. The summed E-state index contributed by atoms with van der Waals surface area (Å²) < 4.78 is 32.8. The Morgan fingerprint density at radius 2 is 1.96 bits per heavy atom. The van der Waals surface area contributed by atoms with Crippen molar-refractivity contribution >= 4 is 21.7 Å². The van der Waals surface area contributed by atoms with Crippen LogP contribution in [-0.2, 0) is 15.8 Å². The molecule has 8 nitrogen and oxygen atoms in total. The highest BCUT2D eigenvalue weighted by atomic mass is 32.2. The Bertz CT molecular complexity index is 854. The first-order chi connectivity index (χ1) is 12.3. The van der Waals surface area contributed by atoms with Crippen LogP contribution in [0.25, 0.3) is 0 Å². The van der Waals surface area contributed by atoms with Crippen LogP contribution in [0.2, 0.25) is 0 Å². The number of rotatable bonds is 9. The van der Waals surface area contributed by atoms with E-state index in [1.807, 2.05) is 19.0 Å². The van der Waals surface area contributed by atoms with Gasteiger partial charge in [0.25, 0.3) is 0 Å². The van der Waals surface area contributed by atoms with Gasteiger partial charge in [-0.1, -0.05) is 30.3 Å². The lowest BCUT2D eigenvalue weighted by atomic mass is 10.2. The molecule has 0 spiro atoms. The van der Waals surface area contributed by atoms with E-state index < -0.39 is 16.0 Å². The molecule has 0 atom stereocenters. The van der Waals surface area contributed by atoms with E-state index in [0.29, 0.717) is 12.1 Å². The molecule has 2 N–H and O–H groups in total. The van der Waals surface area contributed by atoms with Crippen molar-refractivity contribution < 1.29 is 23.1 Å². The van der Waals surface area contributed by atoms with Crippen LogP contribution >= 0.6 is 0 Å². The number of aromatic nitrogens is 1. The number of pyridine rings is 1. The van der Waals surface area contributed by atoms with Crippen LogP contribution in [0, 0.1) is 0 Å². The molecule has 0 aliphatic heterocycles. The highest BCUT2D eigenvalue weighted by molar-refractivity contribution is 7.91. The van der Waals surface area contributed by atoms with E-state index in [2.05, 4.69) is 9.71 Å². The highest BCUT2D eigenvalue weighted by Gasteiger charge is 2.18.